The fourth-order valence-electron chi connectivity index (χ4n) is 3.60. The van der Waals surface area contributed by atoms with Gasteiger partial charge in [0.2, 0.25) is 0 Å². The summed E-state index contributed by atoms with van der Waals surface area (Å²) < 4.78 is 12.2. The van der Waals surface area contributed by atoms with E-state index in [1.807, 2.05) is 25.1 Å². The molecule has 8 heteroatoms. The van der Waals surface area contributed by atoms with E-state index >= 15 is 0 Å². The van der Waals surface area contributed by atoms with Crippen molar-refractivity contribution in [3.05, 3.63) is 40.9 Å². The number of aryl methyl sites for hydroxylation is 1. The van der Waals surface area contributed by atoms with Crippen LogP contribution in [0.3, 0.4) is 0 Å². The van der Waals surface area contributed by atoms with Crippen LogP contribution < -0.4 is 10.6 Å². The summed E-state index contributed by atoms with van der Waals surface area (Å²) in [4.78, 5) is 10.3. The molecule has 160 valence electrons. The molecule has 2 aromatic rings. The number of nitrogens with one attached hydrogen (secondary N) is 2. The van der Waals surface area contributed by atoms with Crippen LogP contribution in [0.15, 0.2) is 35.3 Å². The van der Waals surface area contributed by atoms with Crippen molar-refractivity contribution in [2.24, 2.45) is 4.99 Å². The molecule has 0 aliphatic heterocycles. The highest BCUT2D eigenvalue weighted by Crippen LogP contribution is 2.27. The summed E-state index contributed by atoms with van der Waals surface area (Å²) in [6.45, 7) is 4.77. The third-order valence-corrected chi connectivity index (χ3v) is 8.12. The van der Waals surface area contributed by atoms with E-state index in [1.54, 1.807) is 18.4 Å². The molecule has 1 aliphatic carbocycles. The number of rotatable bonds is 6. The molecule has 1 saturated carbocycles. The molecule has 0 radical (unpaired) electrons. The number of nitrogens with zero attached hydrogens (tertiary/aromatic N) is 2. The third kappa shape index (κ3) is 6.75. The van der Waals surface area contributed by atoms with Crippen LogP contribution in [0.2, 0.25) is 0 Å². The minimum absolute atomic E-state index is 0. The smallest absolute Gasteiger partial charge is 0.191 e. The van der Waals surface area contributed by atoms with Crippen molar-refractivity contribution < 1.29 is 4.21 Å². The SMILES string of the molecule is CCS(=O)C1CCCC(NC(=NC)NCc2sc(-c3ccccc3)nc2C)C1.I. The summed E-state index contributed by atoms with van der Waals surface area (Å²) in [5, 5.41) is 8.32. The Kier molecular flexibility index (Phi) is 10.0. The second-order valence-corrected chi connectivity index (χ2v) is 10.2. The summed E-state index contributed by atoms with van der Waals surface area (Å²) in [5.41, 5.74) is 2.21. The molecule has 3 rings (SSSR count). The van der Waals surface area contributed by atoms with E-state index in [-0.39, 0.29) is 24.0 Å². The Morgan fingerprint density at radius 2 is 2.07 bits per heavy atom. The Balaban J connectivity index is 0.00000300. The van der Waals surface area contributed by atoms with Crippen LogP contribution in [0.25, 0.3) is 10.6 Å². The van der Waals surface area contributed by atoms with Crippen molar-refractivity contribution in [3.63, 3.8) is 0 Å². The van der Waals surface area contributed by atoms with Crippen molar-refractivity contribution in [2.45, 2.75) is 57.4 Å². The average molecular weight is 547 g/mol. The van der Waals surface area contributed by atoms with Gasteiger partial charge in [0.25, 0.3) is 0 Å². The van der Waals surface area contributed by atoms with Crippen molar-refractivity contribution >= 4 is 52.1 Å². The van der Waals surface area contributed by atoms with Crippen molar-refractivity contribution in [3.8, 4) is 10.6 Å². The average Bonchev–Trinajstić information content (AvgIpc) is 3.12. The molecule has 3 atom stereocenters. The molecule has 1 fully saturated rings. The Morgan fingerprint density at radius 1 is 1.31 bits per heavy atom. The zero-order valence-corrected chi connectivity index (χ0v) is 21.3. The maximum atomic E-state index is 12.2. The number of guanidine groups is 1. The molecule has 0 spiro atoms. The maximum Gasteiger partial charge on any atom is 0.191 e. The van der Waals surface area contributed by atoms with Crippen LogP contribution in [0.4, 0.5) is 0 Å². The Labute approximate surface area is 197 Å². The van der Waals surface area contributed by atoms with E-state index in [1.165, 1.54) is 4.88 Å². The fourth-order valence-corrected chi connectivity index (χ4v) is 5.95. The lowest BCUT2D eigenvalue weighted by atomic mass is 9.95. The monoisotopic (exact) mass is 546 g/mol. The summed E-state index contributed by atoms with van der Waals surface area (Å²) in [6, 6.07) is 10.6. The first-order valence-electron chi connectivity index (χ1n) is 9.96. The summed E-state index contributed by atoms with van der Waals surface area (Å²) in [6.07, 6.45) is 4.27. The van der Waals surface area contributed by atoms with E-state index in [9.17, 15) is 4.21 Å². The van der Waals surface area contributed by atoms with Crippen LogP contribution in [0.5, 0.6) is 0 Å². The van der Waals surface area contributed by atoms with Crippen LogP contribution in [-0.4, -0.2) is 39.2 Å². The first-order valence-corrected chi connectivity index (χ1v) is 12.2. The zero-order chi connectivity index (χ0) is 19.9. The molecule has 3 unspecified atom stereocenters. The van der Waals surface area contributed by atoms with E-state index < -0.39 is 10.8 Å². The van der Waals surface area contributed by atoms with E-state index in [0.717, 1.165) is 53.7 Å². The van der Waals surface area contributed by atoms with E-state index in [4.69, 9.17) is 4.98 Å². The predicted octanol–water partition coefficient (Wildman–Crippen LogP) is 4.48. The highest BCUT2D eigenvalue weighted by atomic mass is 127. The lowest BCUT2D eigenvalue weighted by Crippen LogP contribution is -2.46. The number of thiazole rings is 1. The number of hydrogen-bond acceptors (Lipinski definition) is 4. The predicted molar refractivity (Wildman–Crippen MR) is 136 cm³/mol. The van der Waals surface area contributed by atoms with Gasteiger partial charge in [-0.2, -0.15) is 0 Å². The molecule has 1 aromatic heterocycles. The number of halogens is 1. The van der Waals surface area contributed by atoms with Crippen LogP contribution in [-0.2, 0) is 17.3 Å². The van der Waals surface area contributed by atoms with Crippen LogP contribution in [0.1, 0.15) is 43.2 Å². The van der Waals surface area contributed by atoms with Gasteiger partial charge in [0, 0.05) is 45.3 Å². The Hall–Kier alpha value is -1.00. The lowest BCUT2D eigenvalue weighted by Gasteiger charge is -2.30. The minimum atomic E-state index is -0.710. The topological polar surface area (TPSA) is 66.4 Å². The molecule has 2 N–H and O–H groups in total. The third-order valence-electron chi connectivity index (χ3n) is 5.18. The molecule has 0 saturated heterocycles. The summed E-state index contributed by atoms with van der Waals surface area (Å²) >= 11 is 1.72. The second-order valence-electron chi connectivity index (χ2n) is 7.12. The van der Waals surface area contributed by atoms with Gasteiger partial charge in [0.05, 0.1) is 12.2 Å². The highest BCUT2D eigenvalue weighted by molar-refractivity contribution is 14.0. The number of hydrogen-bond donors (Lipinski definition) is 2. The van der Waals surface area contributed by atoms with Gasteiger partial charge in [0.1, 0.15) is 5.01 Å². The second kappa shape index (κ2) is 12.0. The van der Waals surface area contributed by atoms with Gasteiger partial charge in [0.15, 0.2) is 5.96 Å². The molecule has 1 heterocycles. The molecule has 29 heavy (non-hydrogen) atoms. The van der Waals surface area contributed by atoms with Gasteiger partial charge in [-0.1, -0.05) is 43.7 Å². The standard InChI is InChI=1S/C21H30N4OS2.HI/c1-4-28(26)18-12-8-11-17(13-18)25-21(22-3)23-14-19-15(2)24-20(27-19)16-9-6-5-7-10-16;/h5-7,9-10,17-18H,4,8,11-14H2,1-3H3,(H2,22,23,25);1H. The van der Waals surface area contributed by atoms with Crippen LogP contribution in [0, 0.1) is 6.92 Å². The Bertz CT molecular complexity index is 825. The highest BCUT2D eigenvalue weighted by Gasteiger charge is 2.26. The first kappa shape index (κ1) is 24.3. The number of aromatic nitrogens is 1. The van der Waals surface area contributed by atoms with Gasteiger partial charge in [-0.05, 0) is 26.2 Å². The van der Waals surface area contributed by atoms with Crippen molar-refractivity contribution in [2.75, 3.05) is 12.8 Å². The van der Waals surface area contributed by atoms with Crippen molar-refractivity contribution in [1.29, 1.82) is 0 Å². The largest absolute Gasteiger partial charge is 0.354 e. The lowest BCUT2D eigenvalue weighted by molar-refractivity contribution is 0.413. The molecule has 1 aliphatic rings. The van der Waals surface area contributed by atoms with Crippen molar-refractivity contribution in [1.82, 2.24) is 15.6 Å². The molecule has 5 nitrogen and oxygen atoms in total. The quantitative estimate of drug-likeness (QED) is 0.319. The molecule has 0 bridgehead atoms. The van der Waals surface area contributed by atoms with Gasteiger partial charge < -0.3 is 10.6 Å². The Morgan fingerprint density at radius 3 is 2.76 bits per heavy atom. The number of aliphatic imine (C=N–C) groups is 1. The van der Waals surface area contributed by atoms with Gasteiger partial charge in [-0.15, -0.1) is 35.3 Å². The number of benzene rings is 1. The fraction of sp³-hybridized carbons (Fsp3) is 0.524. The molecular formula is C21H31IN4OS2. The van der Waals surface area contributed by atoms with Gasteiger partial charge in [-0.3, -0.25) is 9.20 Å². The zero-order valence-electron chi connectivity index (χ0n) is 17.3. The van der Waals surface area contributed by atoms with E-state index in [2.05, 4.69) is 34.7 Å². The summed E-state index contributed by atoms with van der Waals surface area (Å²) in [7, 11) is 1.09. The first-order chi connectivity index (χ1) is 13.6. The molecule has 1 aromatic carbocycles. The molecular weight excluding hydrogens is 515 g/mol. The molecule has 0 amide bonds. The van der Waals surface area contributed by atoms with Gasteiger partial charge >= 0.3 is 0 Å². The van der Waals surface area contributed by atoms with Crippen LogP contribution >= 0.6 is 35.3 Å². The maximum absolute atomic E-state index is 12.2. The normalized spacial score (nSPS) is 20.6. The van der Waals surface area contributed by atoms with E-state index in [0.29, 0.717) is 17.8 Å². The van der Waals surface area contributed by atoms with Gasteiger partial charge in [-0.25, -0.2) is 4.98 Å². The summed E-state index contributed by atoms with van der Waals surface area (Å²) in [5.74, 6) is 1.56. The minimum Gasteiger partial charge on any atom is -0.354 e.